The third-order valence-corrected chi connectivity index (χ3v) is 4.15. The molecule has 0 spiro atoms. The van der Waals surface area contributed by atoms with Crippen molar-refractivity contribution < 1.29 is 4.74 Å². The minimum absolute atomic E-state index is 0.0790. The van der Waals surface area contributed by atoms with Crippen molar-refractivity contribution in [3.05, 3.63) is 32.7 Å². The van der Waals surface area contributed by atoms with E-state index in [1.165, 1.54) is 0 Å². The Morgan fingerprint density at radius 1 is 1.39 bits per heavy atom. The largest absolute Gasteiger partial charge is 0.381 e. The van der Waals surface area contributed by atoms with Gasteiger partial charge in [-0.15, -0.1) is 0 Å². The van der Waals surface area contributed by atoms with Crippen LogP contribution in [0.4, 0.5) is 0 Å². The summed E-state index contributed by atoms with van der Waals surface area (Å²) in [6.45, 7) is 1.48. The molecule has 0 amide bonds. The lowest BCUT2D eigenvalue weighted by Crippen LogP contribution is -2.22. The van der Waals surface area contributed by atoms with Gasteiger partial charge in [-0.25, -0.2) is 4.79 Å². The van der Waals surface area contributed by atoms with Crippen molar-refractivity contribution in [2.45, 2.75) is 12.5 Å². The monoisotopic (exact) mass is 311 g/mol. The molecule has 0 aliphatic carbocycles. The van der Waals surface area contributed by atoms with Crippen molar-refractivity contribution in [2.75, 3.05) is 13.2 Å². The number of hydrogen-bond acceptors (Lipinski definition) is 3. The van der Waals surface area contributed by atoms with Crippen molar-refractivity contribution in [3.63, 3.8) is 0 Å². The van der Waals surface area contributed by atoms with Gasteiger partial charge in [0.05, 0.1) is 17.6 Å². The average Bonchev–Trinajstić information content (AvgIpc) is 2.94. The smallest absolute Gasteiger partial charge is 0.323 e. The fourth-order valence-corrected chi connectivity index (χ4v) is 3.03. The molecule has 2 heterocycles. The van der Waals surface area contributed by atoms with E-state index >= 15 is 0 Å². The average molecular weight is 312 g/mol. The Morgan fingerprint density at radius 3 is 2.78 bits per heavy atom. The Morgan fingerprint density at radius 2 is 2.11 bits per heavy atom. The quantitative estimate of drug-likeness (QED) is 0.788. The molecule has 2 unspecified atom stereocenters. The maximum Gasteiger partial charge on any atom is 0.323 e. The van der Waals surface area contributed by atoms with Crippen LogP contribution < -0.4 is 11.4 Å². The molecule has 0 bridgehead atoms. The number of nitrogens with two attached hydrogens (primary N) is 1. The van der Waals surface area contributed by atoms with Crippen LogP contribution in [0.15, 0.2) is 21.4 Å². The molecule has 1 fully saturated rings. The Hall–Kier alpha value is -1.11. The zero-order chi connectivity index (χ0) is 12.7. The molecule has 2 atom stereocenters. The predicted octanol–water partition coefficient (Wildman–Crippen LogP) is 1.66. The highest BCUT2D eigenvalue weighted by Crippen LogP contribution is 2.33. The van der Waals surface area contributed by atoms with Crippen molar-refractivity contribution in [1.82, 2.24) is 9.97 Å². The maximum atomic E-state index is 11.3. The summed E-state index contributed by atoms with van der Waals surface area (Å²) in [5, 5.41) is 0. The van der Waals surface area contributed by atoms with E-state index in [1.807, 2.05) is 12.1 Å². The number of imidazole rings is 1. The number of halogens is 1. The van der Waals surface area contributed by atoms with Crippen LogP contribution in [0, 0.1) is 5.92 Å². The van der Waals surface area contributed by atoms with Gasteiger partial charge >= 0.3 is 5.69 Å². The van der Waals surface area contributed by atoms with E-state index in [1.54, 1.807) is 0 Å². The third kappa shape index (κ3) is 2.00. The molecule has 18 heavy (non-hydrogen) atoms. The van der Waals surface area contributed by atoms with Crippen molar-refractivity contribution >= 4 is 27.0 Å². The first-order valence-electron chi connectivity index (χ1n) is 5.90. The number of nitrogens with one attached hydrogen (secondary N) is 2. The first-order valence-corrected chi connectivity index (χ1v) is 6.69. The van der Waals surface area contributed by atoms with Gasteiger partial charge in [0.2, 0.25) is 0 Å². The second kappa shape index (κ2) is 4.53. The highest BCUT2D eigenvalue weighted by molar-refractivity contribution is 9.10. The molecule has 1 aromatic carbocycles. The summed E-state index contributed by atoms with van der Waals surface area (Å²) in [7, 11) is 0. The molecule has 1 saturated heterocycles. The summed E-state index contributed by atoms with van der Waals surface area (Å²) in [6.07, 6.45) is 0.981. The lowest BCUT2D eigenvalue weighted by atomic mass is 9.93. The summed E-state index contributed by atoms with van der Waals surface area (Å²) >= 11 is 3.52. The highest BCUT2D eigenvalue weighted by Gasteiger charge is 2.25. The minimum atomic E-state index is -0.202. The van der Waals surface area contributed by atoms with Gasteiger partial charge in [0.1, 0.15) is 0 Å². The van der Waals surface area contributed by atoms with Gasteiger partial charge in [-0.3, -0.25) is 0 Å². The summed E-state index contributed by atoms with van der Waals surface area (Å²) < 4.78 is 6.29. The molecule has 4 N–H and O–H groups in total. The number of rotatable bonds is 2. The second-order valence-electron chi connectivity index (χ2n) is 4.65. The van der Waals surface area contributed by atoms with Gasteiger partial charge in [-0.2, -0.15) is 0 Å². The Balaban J connectivity index is 2.04. The lowest BCUT2D eigenvalue weighted by molar-refractivity contribution is 0.181. The summed E-state index contributed by atoms with van der Waals surface area (Å²) in [5.41, 5.74) is 8.66. The molecule has 0 saturated carbocycles. The minimum Gasteiger partial charge on any atom is -0.381 e. The van der Waals surface area contributed by atoms with Crippen molar-refractivity contribution in [3.8, 4) is 0 Å². The number of benzene rings is 1. The normalized spacial score (nSPS) is 21.6. The van der Waals surface area contributed by atoms with E-state index in [9.17, 15) is 4.79 Å². The number of ether oxygens (including phenoxy) is 1. The van der Waals surface area contributed by atoms with E-state index in [0.717, 1.165) is 34.1 Å². The van der Waals surface area contributed by atoms with Gasteiger partial charge in [0, 0.05) is 23.0 Å². The predicted molar refractivity (Wildman–Crippen MR) is 72.5 cm³/mol. The van der Waals surface area contributed by atoms with Crippen LogP contribution in [0.25, 0.3) is 11.0 Å². The van der Waals surface area contributed by atoms with Gasteiger partial charge in [-0.1, -0.05) is 15.9 Å². The van der Waals surface area contributed by atoms with Crippen LogP contribution in [0.2, 0.25) is 0 Å². The third-order valence-electron chi connectivity index (χ3n) is 3.47. The standard InChI is InChI=1S/C12H14BrN3O2/c13-8-4-10-9(15-12(17)16-10)3-7(8)11(14)6-1-2-18-5-6/h3-4,6,11H,1-2,5,14H2,(H2,15,16,17). The number of aromatic amines is 2. The summed E-state index contributed by atoms with van der Waals surface area (Å²) in [6, 6.07) is 3.74. The van der Waals surface area contributed by atoms with E-state index in [4.69, 9.17) is 10.5 Å². The molecule has 0 radical (unpaired) electrons. The maximum absolute atomic E-state index is 11.3. The molecule has 1 aliphatic heterocycles. The van der Waals surface area contributed by atoms with Crippen LogP contribution >= 0.6 is 15.9 Å². The van der Waals surface area contributed by atoms with Crippen molar-refractivity contribution in [2.24, 2.45) is 11.7 Å². The second-order valence-corrected chi connectivity index (χ2v) is 5.50. The fourth-order valence-electron chi connectivity index (χ4n) is 2.42. The van der Waals surface area contributed by atoms with Gasteiger partial charge in [0.15, 0.2) is 0 Å². The number of hydrogen-bond donors (Lipinski definition) is 3. The molecule has 2 aromatic rings. The summed E-state index contributed by atoms with van der Waals surface area (Å²) in [4.78, 5) is 16.7. The first-order chi connectivity index (χ1) is 8.65. The zero-order valence-corrected chi connectivity index (χ0v) is 11.3. The molecule has 96 valence electrons. The summed E-state index contributed by atoms with van der Waals surface area (Å²) in [5.74, 6) is 0.337. The lowest BCUT2D eigenvalue weighted by Gasteiger charge is -2.19. The number of H-pyrrole nitrogens is 2. The van der Waals surface area contributed by atoms with E-state index in [2.05, 4.69) is 25.9 Å². The number of fused-ring (bicyclic) bond motifs is 1. The van der Waals surface area contributed by atoms with Crippen LogP contribution in [-0.2, 0) is 4.74 Å². The van der Waals surface area contributed by atoms with Gasteiger partial charge in [0.25, 0.3) is 0 Å². The molecule has 6 heteroatoms. The van der Waals surface area contributed by atoms with E-state index in [0.29, 0.717) is 12.5 Å². The topological polar surface area (TPSA) is 83.9 Å². The molecule has 5 nitrogen and oxygen atoms in total. The van der Waals surface area contributed by atoms with Gasteiger partial charge < -0.3 is 20.4 Å². The molecule has 3 rings (SSSR count). The van der Waals surface area contributed by atoms with Crippen LogP contribution in [-0.4, -0.2) is 23.2 Å². The van der Waals surface area contributed by atoms with Crippen LogP contribution in [0.1, 0.15) is 18.0 Å². The highest BCUT2D eigenvalue weighted by atomic mass is 79.9. The van der Waals surface area contributed by atoms with E-state index in [-0.39, 0.29) is 11.7 Å². The first kappa shape index (κ1) is 12.0. The Bertz CT molecular complexity index is 628. The Kier molecular flexibility index (Phi) is 3.01. The van der Waals surface area contributed by atoms with E-state index < -0.39 is 0 Å². The number of aromatic nitrogens is 2. The fraction of sp³-hybridized carbons (Fsp3) is 0.417. The van der Waals surface area contributed by atoms with Crippen molar-refractivity contribution in [1.29, 1.82) is 0 Å². The molecular formula is C12H14BrN3O2. The van der Waals surface area contributed by atoms with Crippen LogP contribution in [0.3, 0.4) is 0 Å². The Labute approximate surface area is 112 Å². The van der Waals surface area contributed by atoms with Crippen LogP contribution in [0.5, 0.6) is 0 Å². The van der Waals surface area contributed by atoms with Gasteiger partial charge in [-0.05, 0) is 24.1 Å². The molecule has 1 aromatic heterocycles. The molecular weight excluding hydrogens is 298 g/mol. The zero-order valence-electron chi connectivity index (χ0n) is 9.70. The molecule has 1 aliphatic rings. The SMILES string of the molecule is NC(c1cc2[nH]c(=O)[nH]c2cc1Br)C1CCOC1.